The standard InChI is InChI=1S/C15H21N5O2/c1-12-10-13(18-22-12)11-19(2)14(21)15(4-7-16-8-5-15)20-9-3-6-17-20/h3,6,9-10,16H,4-5,7-8,11H2,1-2H3. The van der Waals surface area contributed by atoms with Gasteiger partial charge in [0.15, 0.2) is 0 Å². The van der Waals surface area contributed by atoms with Gasteiger partial charge in [-0.25, -0.2) is 0 Å². The topological polar surface area (TPSA) is 76.2 Å². The normalized spacial score (nSPS) is 17.4. The lowest BCUT2D eigenvalue weighted by Crippen LogP contribution is -2.54. The first kappa shape index (κ1) is 14.8. The molecule has 7 nitrogen and oxygen atoms in total. The summed E-state index contributed by atoms with van der Waals surface area (Å²) in [5.74, 6) is 0.817. The van der Waals surface area contributed by atoms with Crippen molar-refractivity contribution in [2.45, 2.75) is 31.8 Å². The highest BCUT2D eigenvalue weighted by Gasteiger charge is 2.43. The van der Waals surface area contributed by atoms with Crippen molar-refractivity contribution in [3.05, 3.63) is 36.0 Å². The van der Waals surface area contributed by atoms with E-state index in [0.717, 1.165) is 37.4 Å². The molecule has 3 heterocycles. The van der Waals surface area contributed by atoms with Crippen LogP contribution in [0.1, 0.15) is 24.3 Å². The van der Waals surface area contributed by atoms with Gasteiger partial charge in [-0.2, -0.15) is 5.10 Å². The van der Waals surface area contributed by atoms with Gasteiger partial charge in [0, 0.05) is 25.5 Å². The lowest BCUT2D eigenvalue weighted by molar-refractivity contribution is -0.142. The number of nitrogens with zero attached hydrogens (tertiary/aromatic N) is 4. The Hall–Kier alpha value is -2.15. The third-order valence-electron chi connectivity index (χ3n) is 4.19. The SMILES string of the molecule is Cc1cc(CN(C)C(=O)C2(n3cccn3)CCNCC2)no1. The van der Waals surface area contributed by atoms with Crippen LogP contribution in [0.4, 0.5) is 0 Å². The summed E-state index contributed by atoms with van der Waals surface area (Å²) in [6.07, 6.45) is 5.06. The third-order valence-corrected chi connectivity index (χ3v) is 4.19. The monoisotopic (exact) mass is 303 g/mol. The van der Waals surface area contributed by atoms with Crippen molar-refractivity contribution in [1.29, 1.82) is 0 Å². The maximum atomic E-state index is 13.1. The zero-order valence-corrected chi connectivity index (χ0v) is 13.0. The van der Waals surface area contributed by atoms with E-state index in [-0.39, 0.29) is 5.91 Å². The quantitative estimate of drug-likeness (QED) is 0.909. The third kappa shape index (κ3) is 2.64. The second-order valence-corrected chi connectivity index (χ2v) is 5.82. The summed E-state index contributed by atoms with van der Waals surface area (Å²) in [6.45, 7) is 3.90. The van der Waals surface area contributed by atoms with Gasteiger partial charge < -0.3 is 14.7 Å². The first-order valence-corrected chi connectivity index (χ1v) is 7.50. The molecule has 0 radical (unpaired) electrons. The Bertz CT molecular complexity index is 628. The zero-order valence-electron chi connectivity index (χ0n) is 13.0. The fourth-order valence-electron chi connectivity index (χ4n) is 3.07. The van der Waals surface area contributed by atoms with E-state index in [1.165, 1.54) is 0 Å². The number of aromatic nitrogens is 3. The van der Waals surface area contributed by atoms with Gasteiger partial charge in [-0.1, -0.05) is 5.16 Å². The first-order chi connectivity index (χ1) is 10.6. The van der Waals surface area contributed by atoms with Crippen LogP contribution in [0.5, 0.6) is 0 Å². The Kier molecular flexibility index (Phi) is 3.98. The maximum absolute atomic E-state index is 13.1. The van der Waals surface area contributed by atoms with Crippen molar-refractivity contribution in [1.82, 2.24) is 25.2 Å². The van der Waals surface area contributed by atoms with E-state index in [9.17, 15) is 4.79 Å². The molecule has 0 spiro atoms. The number of aryl methyl sites for hydroxylation is 1. The van der Waals surface area contributed by atoms with E-state index in [0.29, 0.717) is 6.54 Å². The molecule has 2 aromatic heterocycles. The molecule has 0 bridgehead atoms. The minimum Gasteiger partial charge on any atom is -0.361 e. The second-order valence-electron chi connectivity index (χ2n) is 5.82. The van der Waals surface area contributed by atoms with Crippen molar-refractivity contribution in [2.24, 2.45) is 0 Å². The lowest BCUT2D eigenvalue weighted by atomic mass is 9.87. The summed E-state index contributed by atoms with van der Waals surface area (Å²) in [6, 6.07) is 3.71. The zero-order chi connectivity index (χ0) is 15.6. The number of carbonyl (C=O) groups is 1. The van der Waals surface area contributed by atoms with Crippen LogP contribution in [-0.2, 0) is 16.9 Å². The summed E-state index contributed by atoms with van der Waals surface area (Å²) >= 11 is 0. The molecule has 1 N–H and O–H groups in total. The van der Waals surface area contributed by atoms with Crippen LogP contribution in [0.2, 0.25) is 0 Å². The van der Waals surface area contributed by atoms with Gasteiger partial charge in [0.1, 0.15) is 17.0 Å². The number of likely N-dealkylation sites (N-methyl/N-ethyl adjacent to an activating group) is 1. The van der Waals surface area contributed by atoms with Crippen molar-refractivity contribution in [3.63, 3.8) is 0 Å². The number of piperidine rings is 1. The van der Waals surface area contributed by atoms with Gasteiger partial charge in [-0.3, -0.25) is 9.48 Å². The Morgan fingerprint density at radius 2 is 2.27 bits per heavy atom. The smallest absolute Gasteiger partial charge is 0.250 e. The molecule has 0 unspecified atom stereocenters. The molecule has 0 aliphatic carbocycles. The molecule has 2 aromatic rings. The van der Waals surface area contributed by atoms with Crippen molar-refractivity contribution >= 4 is 5.91 Å². The molecular formula is C15H21N5O2. The predicted octanol–water partition coefficient (Wildman–Crippen LogP) is 0.917. The van der Waals surface area contributed by atoms with E-state index >= 15 is 0 Å². The predicted molar refractivity (Wildman–Crippen MR) is 80.0 cm³/mol. The molecule has 22 heavy (non-hydrogen) atoms. The van der Waals surface area contributed by atoms with Gasteiger partial charge in [0.25, 0.3) is 5.91 Å². The Morgan fingerprint density at radius 3 is 2.86 bits per heavy atom. The highest BCUT2D eigenvalue weighted by atomic mass is 16.5. The van der Waals surface area contributed by atoms with Crippen LogP contribution in [0.3, 0.4) is 0 Å². The molecule has 0 atom stereocenters. The molecule has 1 saturated heterocycles. The molecule has 0 saturated carbocycles. The Morgan fingerprint density at radius 1 is 1.50 bits per heavy atom. The van der Waals surface area contributed by atoms with Crippen LogP contribution in [-0.4, -0.2) is 45.9 Å². The van der Waals surface area contributed by atoms with Gasteiger partial charge in [-0.05, 0) is 38.9 Å². The van der Waals surface area contributed by atoms with Gasteiger partial charge in [0.2, 0.25) is 0 Å². The summed E-state index contributed by atoms with van der Waals surface area (Å²) < 4.78 is 6.88. The first-order valence-electron chi connectivity index (χ1n) is 7.50. The second kappa shape index (κ2) is 5.92. The van der Waals surface area contributed by atoms with Crippen LogP contribution in [0, 0.1) is 6.92 Å². The van der Waals surface area contributed by atoms with E-state index in [2.05, 4.69) is 15.6 Å². The summed E-state index contributed by atoms with van der Waals surface area (Å²) in [5, 5.41) is 11.6. The number of hydrogen-bond donors (Lipinski definition) is 1. The summed E-state index contributed by atoms with van der Waals surface area (Å²) in [7, 11) is 1.81. The Balaban J connectivity index is 1.83. The largest absolute Gasteiger partial charge is 0.361 e. The lowest BCUT2D eigenvalue weighted by Gasteiger charge is -2.39. The maximum Gasteiger partial charge on any atom is 0.250 e. The van der Waals surface area contributed by atoms with Gasteiger partial charge >= 0.3 is 0 Å². The molecule has 118 valence electrons. The van der Waals surface area contributed by atoms with Crippen molar-refractivity contribution < 1.29 is 9.32 Å². The Labute approximate surface area is 129 Å². The molecule has 1 aliphatic heterocycles. The average Bonchev–Trinajstić information content (AvgIpc) is 3.19. The summed E-state index contributed by atoms with van der Waals surface area (Å²) in [4.78, 5) is 14.8. The van der Waals surface area contributed by atoms with Crippen molar-refractivity contribution in [2.75, 3.05) is 20.1 Å². The number of rotatable bonds is 4. The molecule has 7 heteroatoms. The minimum atomic E-state index is -0.609. The van der Waals surface area contributed by atoms with E-state index in [1.54, 1.807) is 22.8 Å². The van der Waals surface area contributed by atoms with Gasteiger partial charge in [0.05, 0.1) is 6.54 Å². The number of carbonyl (C=O) groups excluding carboxylic acids is 1. The number of nitrogens with one attached hydrogen (secondary N) is 1. The van der Waals surface area contributed by atoms with E-state index < -0.39 is 5.54 Å². The molecule has 3 rings (SSSR count). The summed E-state index contributed by atoms with van der Waals surface area (Å²) in [5.41, 5.74) is 0.153. The van der Waals surface area contributed by atoms with Crippen molar-refractivity contribution in [3.8, 4) is 0 Å². The fourth-order valence-corrected chi connectivity index (χ4v) is 3.07. The molecule has 1 aliphatic rings. The molecular weight excluding hydrogens is 282 g/mol. The van der Waals surface area contributed by atoms with Crippen LogP contribution in [0.15, 0.2) is 29.0 Å². The van der Waals surface area contributed by atoms with Crippen LogP contribution in [0.25, 0.3) is 0 Å². The highest BCUT2D eigenvalue weighted by molar-refractivity contribution is 5.84. The number of amides is 1. The number of hydrogen-bond acceptors (Lipinski definition) is 5. The fraction of sp³-hybridized carbons (Fsp3) is 0.533. The molecule has 1 amide bonds. The highest BCUT2D eigenvalue weighted by Crippen LogP contribution is 2.29. The van der Waals surface area contributed by atoms with Gasteiger partial charge in [-0.15, -0.1) is 0 Å². The minimum absolute atomic E-state index is 0.0679. The molecule has 1 fully saturated rings. The van der Waals surface area contributed by atoms with E-state index in [1.807, 2.05) is 25.3 Å². The molecule has 0 aromatic carbocycles. The average molecular weight is 303 g/mol. The van der Waals surface area contributed by atoms with Crippen LogP contribution >= 0.6 is 0 Å². The van der Waals surface area contributed by atoms with Crippen LogP contribution < -0.4 is 5.32 Å². The van der Waals surface area contributed by atoms with E-state index in [4.69, 9.17) is 4.52 Å².